The second-order valence-corrected chi connectivity index (χ2v) is 5.72. The average molecular weight is 279 g/mol. The van der Waals surface area contributed by atoms with Crippen molar-refractivity contribution >= 4 is 5.84 Å². The molecule has 2 rings (SSSR count). The molecule has 1 aromatic rings. The van der Waals surface area contributed by atoms with Gasteiger partial charge in [-0.2, -0.15) is 0 Å². The number of nitrogens with two attached hydrogens (primary N) is 1. The van der Waals surface area contributed by atoms with Gasteiger partial charge in [0.05, 0.1) is 0 Å². The molecule has 1 atom stereocenters. The maximum atomic E-state index is 14.1. The summed E-state index contributed by atoms with van der Waals surface area (Å²) in [4.78, 5) is 2.34. The number of nitrogens with zero attached hydrogens (tertiary/aromatic N) is 2. The highest BCUT2D eigenvalue weighted by Gasteiger charge is 2.27. The zero-order chi connectivity index (χ0) is 14.7. The first-order chi connectivity index (χ1) is 9.52. The molecule has 1 heterocycles. The van der Waals surface area contributed by atoms with Crippen LogP contribution in [-0.4, -0.2) is 28.5 Å². The van der Waals surface area contributed by atoms with Gasteiger partial charge in [-0.25, -0.2) is 4.39 Å². The zero-order valence-electron chi connectivity index (χ0n) is 12.0. The highest BCUT2D eigenvalue weighted by molar-refractivity contribution is 5.97. The molecule has 1 aromatic carbocycles. The molecule has 1 unspecified atom stereocenters. The van der Waals surface area contributed by atoms with Crippen LogP contribution in [0.4, 0.5) is 4.39 Å². The molecular formula is C15H22FN3O. The Bertz CT molecular complexity index is 502. The van der Waals surface area contributed by atoms with E-state index in [0.717, 1.165) is 6.54 Å². The number of halogens is 1. The topological polar surface area (TPSA) is 61.8 Å². The van der Waals surface area contributed by atoms with E-state index in [1.165, 1.54) is 18.9 Å². The van der Waals surface area contributed by atoms with Crippen LogP contribution in [0, 0.1) is 11.7 Å². The summed E-state index contributed by atoms with van der Waals surface area (Å²) in [5.74, 6) is 0.206. The van der Waals surface area contributed by atoms with Gasteiger partial charge in [0.1, 0.15) is 5.82 Å². The molecule has 1 fully saturated rings. The Hall–Kier alpha value is -1.62. The van der Waals surface area contributed by atoms with Crippen LogP contribution in [0.3, 0.4) is 0 Å². The molecular weight excluding hydrogens is 257 g/mol. The van der Waals surface area contributed by atoms with E-state index in [2.05, 4.69) is 23.9 Å². The largest absolute Gasteiger partial charge is 0.409 e. The third-order valence-corrected chi connectivity index (χ3v) is 4.01. The van der Waals surface area contributed by atoms with Crippen molar-refractivity contribution in [2.45, 2.75) is 39.3 Å². The summed E-state index contributed by atoms with van der Waals surface area (Å²) in [6, 6.07) is 5.26. The Kier molecular flexibility index (Phi) is 4.60. The molecule has 0 aliphatic carbocycles. The predicted molar refractivity (Wildman–Crippen MR) is 77.2 cm³/mol. The minimum Gasteiger partial charge on any atom is -0.409 e. The molecule has 1 aliphatic rings. The smallest absolute Gasteiger partial charge is 0.170 e. The summed E-state index contributed by atoms with van der Waals surface area (Å²) in [5.41, 5.74) is 6.52. The van der Waals surface area contributed by atoms with Crippen molar-refractivity contribution in [2.75, 3.05) is 6.54 Å². The van der Waals surface area contributed by atoms with Crippen LogP contribution < -0.4 is 5.73 Å². The normalized spacial score (nSPS) is 20.8. The van der Waals surface area contributed by atoms with Crippen molar-refractivity contribution in [2.24, 2.45) is 16.8 Å². The van der Waals surface area contributed by atoms with Crippen LogP contribution in [0.25, 0.3) is 0 Å². The van der Waals surface area contributed by atoms with Crippen molar-refractivity contribution in [1.29, 1.82) is 0 Å². The summed E-state index contributed by atoms with van der Waals surface area (Å²) in [6.07, 6.45) is 2.36. The second kappa shape index (κ2) is 6.22. The van der Waals surface area contributed by atoms with Gasteiger partial charge in [-0.1, -0.05) is 31.1 Å². The summed E-state index contributed by atoms with van der Waals surface area (Å²) >= 11 is 0. The summed E-state index contributed by atoms with van der Waals surface area (Å²) in [7, 11) is 0. The highest BCUT2D eigenvalue weighted by Crippen LogP contribution is 2.26. The lowest BCUT2D eigenvalue weighted by Crippen LogP contribution is -2.33. The Morgan fingerprint density at radius 3 is 2.90 bits per heavy atom. The van der Waals surface area contributed by atoms with Crippen molar-refractivity contribution < 1.29 is 9.60 Å². The molecule has 0 bridgehead atoms. The number of amidine groups is 1. The molecule has 20 heavy (non-hydrogen) atoms. The van der Waals surface area contributed by atoms with Crippen molar-refractivity contribution in [1.82, 2.24) is 4.90 Å². The minimum absolute atomic E-state index is 0.0725. The summed E-state index contributed by atoms with van der Waals surface area (Å²) in [6.45, 7) is 6.05. The van der Waals surface area contributed by atoms with Gasteiger partial charge in [-0.05, 0) is 31.4 Å². The first-order valence-electron chi connectivity index (χ1n) is 7.03. The van der Waals surface area contributed by atoms with Gasteiger partial charge in [0, 0.05) is 23.7 Å². The number of oxime groups is 1. The number of rotatable bonds is 4. The van der Waals surface area contributed by atoms with Gasteiger partial charge in [0.25, 0.3) is 0 Å². The number of likely N-dealkylation sites (tertiary alicyclic amines) is 1. The lowest BCUT2D eigenvalue weighted by molar-refractivity contribution is 0.196. The van der Waals surface area contributed by atoms with Crippen LogP contribution in [0.15, 0.2) is 23.4 Å². The predicted octanol–water partition coefficient (Wildman–Crippen LogP) is 2.54. The van der Waals surface area contributed by atoms with Crippen molar-refractivity contribution in [3.8, 4) is 0 Å². The lowest BCUT2D eigenvalue weighted by atomic mass is 10.0. The van der Waals surface area contributed by atoms with E-state index in [1.807, 2.05) is 0 Å². The third-order valence-electron chi connectivity index (χ3n) is 4.01. The molecule has 110 valence electrons. The van der Waals surface area contributed by atoms with E-state index in [4.69, 9.17) is 10.9 Å². The van der Waals surface area contributed by atoms with Gasteiger partial charge in [0.15, 0.2) is 5.84 Å². The van der Waals surface area contributed by atoms with Gasteiger partial charge < -0.3 is 10.9 Å². The molecule has 5 heteroatoms. The fourth-order valence-electron chi connectivity index (χ4n) is 2.91. The molecule has 3 N–H and O–H groups in total. The van der Waals surface area contributed by atoms with Crippen molar-refractivity contribution in [3.05, 3.63) is 35.1 Å². The Labute approximate surface area is 119 Å². The fraction of sp³-hybridized carbons (Fsp3) is 0.533. The molecule has 0 aromatic heterocycles. The Morgan fingerprint density at radius 2 is 2.30 bits per heavy atom. The standard InChI is InChI=1S/C15H22FN3O/c1-10(2)14-4-3-7-19(14)9-12-6-5-11(8-13(12)16)15(17)18-20/h5-6,8,10,14,20H,3-4,7,9H2,1-2H3,(H2,17,18). The number of benzene rings is 1. The van der Waals surface area contributed by atoms with E-state index in [1.54, 1.807) is 12.1 Å². The maximum absolute atomic E-state index is 14.1. The fourth-order valence-corrected chi connectivity index (χ4v) is 2.91. The first kappa shape index (κ1) is 14.8. The molecule has 0 amide bonds. The number of hydrogen-bond acceptors (Lipinski definition) is 3. The van der Waals surface area contributed by atoms with Gasteiger partial charge >= 0.3 is 0 Å². The van der Waals surface area contributed by atoms with Crippen LogP contribution >= 0.6 is 0 Å². The zero-order valence-corrected chi connectivity index (χ0v) is 12.0. The van der Waals surface area contributed by atoms with Gasteiger partial charge in [-0.3, -0.25) is 4.90 Å². The van der Waals surface area contributed by atoms with Crippen molar-refractivity contribution in [3.63, 3.8) is 0 Å². The highest BCUT2D eigenvalue weighted by atomic mass is 19.1. The van der Waals surface area contributed by atoms with Crippen LogP contribution in [0.1, 0.15) is 37.8 Å². The van der Waals surface area contributed by atoms with Crippen LogP contribution in [0.5, 0.6) is 0 Å². The third kappa shape index (κ3) is 3.10. The molecule has 0 saturated carbocycles. The van der Waals surface area contributed by atoms with Crippen LogP contribution in [-0.2, 0) is 6.54 Å². The molecule has 4 nitrogen and oxygen atoms in total. The first-order valence-corrected chi connectivity index (χ1v) is 7.03. The van der Waals surface area contributed by atoms with E-state index in [-0.39, 0.29) is 11.7 Å². The second-order valence-electron chi connectivity index (χ2n) is 5.72. The van der Waals surface area contributed by atoms with E-state index >= 15 is 0 Å². The monoisotopic (exact) mass is 279 g/mol. The molecule has 1 saturated heterocycles. The Balaban J connectivity index is 2.14. The molecule has 0 radical (unpaired) electrons. The van der Waals surface area contributed by atoms with E-state index in [9.17, 15) is 4.39 Å². The number of hydrogen-bond donors (Lipinski definition) is 2. The maximum Gasteiger partial charge on any atom is 0.170 e. The van der Waals surface area contributed by atoms with Gasteiger partial charge in [-0.15, -0.1) is 0 Å². The summed E-state index contributed by atoms with van der Waals surface area (Å²) < 4.78 is 14.1. The lowest BCUT2D eigenvalue weighted by Gasteiger charge is -2.27. The summed E-state index contributed by atoms with van der Waals surface area (Å²) in [5, 5.41) is 11.5. The minimum atomic E-state index is -0.302. The van der Waals surface area contributed by atoms with E-state index in [0.29, 0.717) is 29.6 Å². The SMILES string of the molecule is CC(C)C1CCCN1Cc1ccc(C(N)=NO)cc1F. The van der Waals surface area contributed by atoms with E-state index < -0.39 is 0 Å². The van der Waals surface area contributed by atoms with Gasteiger partial charge in [0.2, 0.25) is 0 Å². The van der Waals surface area contributed by atoms with Crippen LogP contribution in [0.2, 0.25) is 0 Å². The quantitative estimate of drug-likeness (QED) is 0.385. The average Bonchev–Trinajstić information content (AvgIpc) is 2.88. The molecule has 1 aliphatic heterocycles. The molecule has 0 spiro atoms. The Morgan fingerprint density at radius 1 is 1.55 bits per heavy atom.